The molecule has 176 valence electrons. The number of benzene rings is 4. The van der Waals surface area contributed by atoms with Gasteiger partial charge in [-0.1, -0.05) is 121 Å². The minimum absolute atomic E-state index is 0.372. The first-order valence-electron chi connectivity index (χ1n) is 11.6. The van der Waals surface area contributed by atoms with Crippen molar-refractivity contribution in [2.45, 2.75) is 18.0 Å². The van der Waals surface area contributed by atoms with Crippen molar-refractivity contribution in [2.24, 2.45) is 0 Å². The molecule has 0 aliphatic rings. The Morgan fingerprint density at radius 3 is 1.46 bits per heavy atom. The standard InChI is InChI=1S/C30H28N2O3/c33-28(34)22-31-29(35)27(21-23-13-5-1-6-14-23)32-30(24-15-7-2-8-16-24,25-17-9-3-10-18-25)26-19-11-4-12-20-26/h1-20,27,32H,21-22H2,(H,31,35)(H,33,34)/t27-/m1/s1. The van der Waals surface area contributed by atoms with Crippen molar-refractivity contribution in [2.75, 3.05) is 6.54 Å². The monoisotopic (exact) mass is 464 g/mol. The molecule has 0 radical (unpaired) electrons. The molecule has 0 saturated carbocycles. The summed E-state index contributed by atoms with van der Waals surface area (Å²) in [7, 11) is 0. The zero-order valence-corrected chi connectivity index (χ0v) is 19.3. The quantitative estimate of drug-likeness (QED) is 0.305. The van der Waals surface area contributed by atoms with Gasteiger partial charge in [0.05, 0.1) is 11.6 Å². The number of rotatable bonds is 10. The van der Waals surface area contributed by atoms with Gasteiger partial charge in [0, 0.05) is 0 Å². The number of hydrogen-bond acceptors (Lipinski definition) is 3. The molecule has 0 aliphatic carbocycles. The molecule has 3 N–H and O–H groups in total. The Kier molecular flexibility index (Phi) is 7.70. The van der Waals surface area contributed by atoms with Gasteiger partial charge in [0.25, 0.3) is 0 Å². The van der Waals surface area contributed by atoms with E-state index in [2.05, 4.69) is 10.6 Å². The van der Waals surface area contributed by atoms with E-state index in [0.29, 0.717) is 6.42 Å². The topological polar surface area (TPSA) is 78.4 Å². The highest BCUT2D eigenvalue weighted by Crippen LogP contribution is 2.37. The second-order valence-corrected chi connectivity index (χ2v) is 8.35. The number of aliphatic carboxylic acids is 1. The molecular formula is C30H28N2O3. The first-order valence-corrected chi connectivity index (χ1v) is 11.6. The number of hydrogen-bond donors (Lipinski definition) is 3. The molecule has 0 heterocycles. The fourth-order valence-corrected chi connectivity index (χ4v) is 4.42. The molecule has 1 amide bonds. The molecule has 0 unspecified atom stereocenters. The van der Waals surface area contributed by atoms with E-state index in [4.69, 9.17) is 5.11 Å². The van der Waals surface area contributed by atoms with E-state index in [1.807, 2.05) is 121 Å². The normalized spacial score (nSPS) is 12.0. The van der Waals surface area contributed by atoms with Crippen molar-refractivity contribution < 1.29 is 14.7 Å². The lowest BCUT2D eigenvalue weighted by Gasteiger charge is -2.40. The van der Waals surface area contributed by atoms with Gasteiger partial charge in [-0.3, -0.25) is 14.9 Å². The fraction of sp³-hybridized carbons (Fsp3) is 0.133. The van der Waals surface area contributed by atoms with E-state index >= 15 is 0 Å². The zero-order valence-electron chi connectivity index (χ0n) is 19.3. The van der Waals surface area contributed by atoms with Gasteiger partial charge in [-0.25, -0.2) is 0 Å². The van der Waals surface area contributed by atoms with E-state index in [0.717, 1.165) is 22.3 Å². The van der Waals surface area contributed by atoms with Crippen LogP contribution in [0.1, 0.15) is 22.3 Å². The Morgan fingerprint density at radius 1 is 0.657 bits per heavy atom. The SMILES string of the molecule is O=C(O)CNC(=O)[C@@H](Cc1ccccc1)NC(c1ccccc1)(c1ccccc1)c1ccccc1. The first-order chi connectivity index (χ1) is 17.1. The van der Waals surface area contributed by atoms with Crippen LogP contribution in [0.2, 0.25) is 0 Å². The van der Waals surface area contributed by atoms with Crippen LogP contribution in [-0.4, -0.2) is 29.6 Å². The van der Waals surface area contributed by atoms with Crippen LogP contribution in [0.3, 0.4) is 0 Å². The zero-order chi connectivity index (χ0) is 24.5. The molecule has 5 heteroatoms. The van der Waals surface area contributed by atoms with Crippen LogP contribution >= 0.6 is 0 Å². The lowest BCUT2D eigenvalue weighted by Crippen LogP contribution is -2.56. The third kappa shape index (κ3) is 5.65. The van der Waals surface area contributed by atoms with Gasteiger partial charge in [-0.05, 0) is 28.7 Å². The lowest BCUT2D eigenvalue weighted by molar-refractivity contribution is -0.138. The summed E-state index contributed by atoms with van der Waals surface area (Å²) in [6.45, 7) is -0.444. The number of nitrogens with one attached hydrogen (secondary N) is 2. The maximum Gasteiger partial charge on any atom is 0.322 e. The van der Waals surface area contributed by atoms with Gasteiger partial charge in [0.2, 0.25) is 5.91 Å². The summed E-state index contributed by atoms with van der Waals surface area (Å²) >= 11 is 0. The number of carboxylic acid groups (broad SMARTS) is 1. The number of carbonyl (C=O) groups is 2. The van der Waals surface area contributed by atoms with E-state index < -0.39 is 24.1 Å². The van der Waals surface area contributed by atoms with Crippen molar-refractivity contribution in [1.82, 2.24) is 10.6 Å². The average molecular weight is 465 g/mol. The number of carboxylic acids is 1. The smallest absolute Gasteiger partial charge is 0.322 e. The summed E-state index contributed by atoms with van der Waals surface area (Å²) in [5, 5.41) is 15.4. The van der Waals surface area contributed by atoms with E-state index in [1.165, 1.54) is 0 Å². The van der Waals surface area contributed by atoms with E-state index in [-0.39, 0.29) is 5.91 Å². The van der Waals surface area contributed by atoms with Crippen LogP contribution in [0.5, 0.6) is 0 Å². The highest BCUT2D eigenvalue weighted by atomic mass is 16.4. The molecule has 0 bridgehead atoms. The summed E-state index contributed by atoms with van der Waals surface area (Å²) in [5.41, 5.74) is 3.03. The summed E-state index contributed by atoms with van der Waals surface area (Å²) in [6, 6.07) is 39.0. The molecular weight excluding hydrogens is 436 g/mol. The van der Waals surface area contributed by atoms with Gasteiger partial charge in [-0.2, -0.15) is 0 Å². The van der Waals surface area contributed by atoms with Gasteiger partial charge in [0.1, 0.15) is 6.54 Å². The van der Waals surface area contributed by atoms with Crippen molar-refractivity contribution in [1.29, 1.82) is 0 Å². The first kappa shape index (κ1) is 23.9. The van der Waals surface area contributed by atoms with Crippen molar-refractivity contribution in [3.05, 3.63) is 144 Å². The van der Waals surface area contributed by atoms with Crippen LogP contribution in [0, 0.1) is 0 Å². The predicted octanol–water partition coefficient (Wildman–Crippen LogP) is 4.38. The summed E-state index contributed by atoms with van der Waals surface area (Å²) in [6.07, 6.45) is 0.389. The Bertz CT molecular complexity index is 1130. The van der Waals surface area contributed by atoms with Gasteiger partial charge < -0.3 is 10.4 Å². The molecule has 35 heavy (non-hydrogen) atoms. The molecule has 0 fully saturated rings. The van der Waals surface area contributed by atoms with Crippen LogP contribution in [0.15, 0.2) is 121 Å². The molecule has 4 aromatic rings. The minimum atomic E-state index is -1.09. The molecule has 5 nitrogen and oxygen atoms in total. The molecule has 1 atom stereocenters. The third-order valence-electron chi connectivity index (χ3n) is 6.02. The lowest BCUT2D eigenvalue weighted by atomic mass is 9.76. The van der Waals surface area contributed by atoms with Crippen LogP contribution in [0.25, 0.3) is 0 Å². The van der Waals surface area contributed by atoms with Crippen LogP contribution in [0.4, 0.5) is 0 Å². The van der Waals surface area contributed by atoms with Crippen molar-refractivity contribution >= 4 is 11.9 Å². The summed E-state index contributed by atoms with van der Waals surface area (Å²) < 4.78 is 0. The fourth-order valence-electron chi connectivity index (χ4n) is 4.42. The number of amides is 1. The van der Waals surface area contributed by atoms with Crippen LogP contribution < -0.4 is 10.6 Å². The highest BCUT2D eigenvalue weighted by Gasteiger charge is 2.39. The highest BCUT2D eigenvalue weighted by molar-refractivity contribution is 5.85. The van der Waals surface area contributed by atoms with Gasteiger partial charge in [0.15, 0.2) is 0 Å². The summed E-state index contributed by atoms with van der Waals surface area (Å²) in [4.78, 5) is 24.6. The number of carbonyl (C=O) groups excluding carboxylic acids is 1. The maximum atomic E-state index is 13.4. The largest absolute Gasteiger partial charge is 0.480 e. The van der Waals surface area contributed by atoms with Crippen molar-refractivity contribution in [3.63, 3.8) is 0 Å². The summed E-state index contributed by atoms with van der Waals surface area (Å²) in [5.74, 6) is -1.46. The van der Waals surface area contributed by atoms with Crippen molar-refractivity contribution in [3.8, 4) is 0 Å². The molecule has 0 aliphatic heterocycles. The molecule has 0 saturated heterocycles. The van der Waals surface area contributed by atoms with Crippen LogP contribution in [-0.2, 0) is 21.5 Å². The Balaban J connectivity index is 1.87. The molecule has 4 rings (SSSR count). The molecule has 0 aromatic heterocycles. The second-order valence-electron chi connectivity index (χ2n) is 8.35. The minimum Gasteiger partial charge on any atom is -0.480 e. The van der Waals surface area contributed by atoms with Gasteiger partial charge >= 0.3 is 5.97 Å². The van der Waals surface area contributed by atoms with E-state index in [9.17, 15) is 9.59 Å². The maximum absolute atomic E-state index is 13.4. The third-order valence-corrected chi connectivity index (χ3v) is 6.02. The van der Waals surface area contributed by atoms with Gasteiger partial charge in [-0.15, -0.1) is 0 Å². The van der Waals surface area contributed by atoms with E-state index in [1.54, 1.807) is 0 Å². The Labute approximate surface area is 205 Å². The predicted molar refractivity (Wildman–Crippen MR) is 137 cm³/mol. The Hall–Kier alpha value is -4.22. The Morgan fingerprint density at radius 2 is 1.06 bits per heavy atom. The molecule has 4 aromatic carbocycles. The molecule has 0 spiro atoms. The average Bonchev–Trinajstić information content (AvgIpc) is 2.92. The second kappa shape index (κ2) is 11.3.